The maximum atomic E-state index is 12.2. The van der Waals surface area contributed by atoms with Gasteiger partial charge in [-0.15, -0.1) is 0 Å². The molecule has 1 fully saturated rings. The van der Waals surface area contributed by atoms with Gasteiger partial charge < -0.3 is 4.90 Å². The molecule has 116 valence electrons. The molecular weight excluding hydrogens is 288 g/mol. The zero-order valence-corrected chi connectivity index (χ0v) is 13.5. The van der Waals surface area contributed by atoms with Crippen LogP contribution in [0, 0.1) is 12.8 Å². The van der Waals surface area contributed by atoms with Crippen LogP contribution in [0.5, 0.6) is 0 Å². The average Bonchev–Trinajstić information content (AvgIpc) is 2.79. The van der Waals surface area contributed by atoms with E-state index in [1.165, 1.54) is 0 Å². The third-order valence-corrected chi connectivity index (χ3v) is 5.19. The number of hydrogen-bond donors (Lipinski definition) is 1. The predicted octanol–water partition coefficient (Wildman–Crippen LogP) is 1.53. The molecule has 1 saturated heterocycles. The van der Waals surface area contributed by atoms with Crippen molar-refractivity contribution in [2.75, 3.05) is 13.1 Å². The van der Waals surface area contributed by atoms with E-state index in [0.29, 0.717) is 19.5 Å². The minimum Gasteiger partial charge on any atom is -0.340 e. The molecule has 0 bridgehead atoms. The van der Waals surface area contributed by atoms with Crippen molar-refractivity contribution in [1.29, 1.82) is 0 Å². The molecule has 0 spiro atoms. The van der Waals surface area contributed by atoms with E-state index < -0.39 is 10.0 Å². The molecule has 0 aliphatic carbocycles. The highest BCUT2D eigenvalue weighted by molar-refractivity contribution is 7.89. The number of benzene rings is 1. The van der Waals surface area contributed by atoms with Crippen LogP contribution in [0.3, 0.4) is 0 Å². The van der Waals surface area contributed by atoms with Crippen molar-refractivity contribution in [1.82, 2.24) is 9.62 Å². The number of rotatable bonds is 5. The Balaban J connectivity index is 1.97. The van der Waals surface area contributed by atoms with Crippen molar-refractivity contribution < 1.29 is 13.2 Å². The van der Waals surface area contributed by atoms with E-state index >= 15 is 0 Å². The summed E-state index contributed by atoms with van der Waals surface area (Å²) in [4.78, 5) is 13.9. The Kier molecular flexibility index (Phi) is 4.68. The van der Waals surface area contributed by atoms with Gasteiger partial charge in [-0.1, -0.05) is 17.7 Å². The summed E-state index contributed by atoms with van der Waals surface area (Å²) in [6.07, 6.45) is 0.411. The first-order valence-corrected chi connectivity index (χ1v) is 8.63. The Morgan fingerprint density at radius 1 is 1.29 bits per heavy atom. The Hall–Kier alpha value is -1.40. The van der Waals surface area contributed by atoms with E-state index in [1.54, 1.807) is 29.2 Å². The van der Waals surface area contributed by atoms with Gasteiger partial charge in [-0.2, -0.15) is 0 Å². The largest absolute Gasteiger partial charge is 0.340 e. The van der Waals surface area contributed by atoms with Gasteiger partial charge in [-0.25, -0.2) is 13.1 Å². The van der Waals surface area contributed by atoms with Gasteiger partial charge in [-0.3, -0.25) is 4.79 Å². The molecule has 1 aromatic carbocycles. The number of likely N-dealkylation sites (tertiary alicyclic amines) is 1. The molecule has 1 amide bonds. The second kappa shape index (κ2) is 6.15. The lowest BCUT2D eigenvalue weighted by molar-refractivity contribution is -0.129. The van der Waals surface area contributed by atoms with E-state index in [4.69, 9.17) is 0 Å². The summed E-state index contributed by atoms with van der Waals surface area (Å²) in [6.45, 7) is 6.76. The zero-order chi connectivity index (χ0) is 15.6. The highest BCUT2D eigenvalue weighted by Gasteiger charge is 2.31. The summed E-state index contributed by atoms with van der Waals surface area (Å²) in [7, 11) is -3.50. The highest BCUT2D eigenvalue weighted by atomic mass is 32.2. The summed E-state index contributed by atoms with van der Waals surface area (Å²) >= 11 is 0. The Morgan fingerprint density at radius 3 is 2.43 bits per heavy atom. The van der Waals surface area contributed by atoms with Crippen molar-refractivity contribution in [3.05, 3.63) is 29.8 Å². The minimum absolute atomic E-state index is 0.0418. The molecule has 0 radical (unpaired) electrons. The normalized spacial score (nSPS) is 19.5. The molecule has 21 heavy (non-hydrogen) atoms. The number of nitrogens with zero attached hydrogens (tertiary/aromatic N) is 1. The monoisotopic (exact) mass is 310 g/mol. The van der Waals surface area contributed by atoms with Gasteiger partial charge in [0.05, 0.1) is 4.90 Å². The van der Waals surface area contributed by atoms with Crippen molar-refractivity contribution >= 4 is 15.9 Å². The van der Waals surface area contributed by atoms with Crippen LogP contribution in [-0.4, -0.2) is 38.4 Å². The lowest BCUT2D eigenvalue weighted by Gasteiger charge is -2.21. The Morgan fingerprint density at radius 2 is 1.90 bits per heavy atom. The van der Waals surface area contributed by atoms with Gasteiger partial charge in [0.25, 0.3) is 0 Å². The van der Waals surface area contributed by atoms with Crippen LogP contribution >= 0.6 is 0 Å². The van der Waals surface area contributed by atoms with Crippen molar-refractivity contribution in [2.45, 2.75) is 38.1 Å². The van der Waals surface area contributed by atoms with E-state index in [2.05, 4.69) is 4.72 Å². The quantitative estimate of drug-likeness (QED) is 0.897. The van der Waals surface area contributed by atoms with Crippen LogP contribution in [-0.2, 0) is 14.8 Å². The van der Waals surface area contributed by atoms with Crippen molar-refractivity contribution in [3.63, 3.8) is 0 Å². The van der Waals surface area contributed by atoms with Crippen LogP contribution in [0.25, 0.3) is 0 Å². The lowest BCUT2D eigenvalue weighted by Crippen LogP contribution is -2.34. The molecular formula is C15H22N2O3S. The maximum Gasteiger partial charge on any atom is 0.240 e. The molecule has 0 saturated carbocycles. The first kappa shape index (κ1) is 16.0. The van der Waals surface area contributed by atoms with Gasteiger partial charge in [0.15, 0.2) is 0 Å². The summed E-state index contributed by atoms with van der Waals surface area (Å²) in [5, 5.41) is 0. The van der Waals surface area contributed by atoms with Gasteiger partial charge in [-0.05, 0) is 38.8 Å². The zero-order valence-electron chi connectivity index (χ0n) is 12.7. The van der Waals surface area contributed by atoms with E-state index in [1.807, 2.05) is 20.8 Å². The summed E-state index contributed by atoms with van der Waals surface area (Å²) in [5.74, 6) is 0.143. The summed E-state index contributed by atoms with van der Waals surface area (Å²) in [6, 6.07) is 6.90. The third kappa shape index (κ3) is 3.83. The fourth-order valence-corrected chi connectivity index (χ4v) is 3.59. The lowest BCUT2D eigenvalue weighted by atomic mass is 10.1. The predicted molar refractivity (Wildman–Crippen MR) is 81.3 cm³/mol. The number of sulfonamides is 1. The van der Waals surface area contributed by atoms with Gasteiger partial charge in [0.2, 0.25) is 15.9 Å². The van der Waals surface area contributed by atoms with Gasteiger partial charge in [0, 0.05) is 25.6 Å². The maximum absolute atomic E-state index is 12.2. The van der Waals surface area contributed by atoms with E-state index in [0.717, 1.165) is 5.56 Å². The molecule has 2 rings (SSSR count). The molecule has 1 atom stereocenters. The first-order chi connectivity index (χ1) is 9.79. The fourth-order valence-electron chi connectivity index (χ4n) is 2.47. The van der Waals surface area contributed by atoms with Gasteiger partial charge >= 0.3 is 0 Å². The second-order valence-corrected chi connectivity index (χ2v) is 7.64. The van der Waals surface area contributed by atoms with Crippen LogP contribution < -0.4 is 4.72 Å². The fraction of sp³-hybridized carbons (Fsp3) is 0.533. The average molecular weight is 310 g/mol. The molecule has 1 aliphatic heterocycles. The smallest absolute Gasteiger partial charge is 0.240 e. The van der Waals surface area contributed by atoms with Crippen LogP contribution in [0.4, 0.5) is 0 Å². The minimum atomic E-state index is -3.50. The third-order valence-electron chi connectivity index (χ3n) is 3.76. The summed E-state index contributed by atoms with van der Waals surface area (Å²) < 4.78 is 27.0. The molecule has 6 heteroatoms. The number of amides is 1. The second-order valence-electron chi connectivity index (χ2n) is 5.87. The van der Waals surface area contributed by atoms with Crippen molar-refractivity contribution in [3.8, 4) is 0 Å². The number of nitrogens with one attached hydrogen (secondary N) is 1. The molecule has 1 unspecified atom stereocenters. The number of carbonyl (C=O) groups excluding carboxylic acids is 1. The van der Waals surface area contributed by atoms with Crippen molar-refractivity contribution in [2.24, 2.45) is 5.92 Å². The number of carbonyl (C=O) groups is 1. The molecule has 1 heterocycles. The Labute approximate surface area is 126 Å². The number of hydrogen-bond acceptors (Lipinski definition) is 3. The summed E-state index contributed by atoms with van der Waals surface area (Å²) in [5.41, 5.74) is 1.02. The molecule has 1 N–H and O–H groups in total. The standard InChI is InChI=1S/C15H22N2O3S/c1-11(2)17-10-13(8-15(17)18)9-16-21(19,20)14-6-4-12(3)5-7-14/h4-7,11,13,16H,8-10H2,1-3H3. The number of aryl methyl sites for hydroxylation is 1. The topological polar surface area (TPSA) is 66.5 Å². The molecule has 0 aromatic heterocycles. The van der Waals surface area contributed by atoms with Gasteiger partial charge in [0.1, 0.15) is 0 Å². The molecule has 1 aliphatic rings. The molecule has 1 aromatic rings. The molecule has 5 nitrogen and oxygen atoms in total. The van der Waals surface area contributed by atoms with Crippen LogP contribution in [0.1, 0.15) is 25.8 Å². The SMILES string of the molecule is Cc1ccc(S(=O)(=O)NCC2CC(=O)N(C(C)C)C2)cc1. The van der Waals surface area contributed by atoms with E-state index in [9.17, 15) is 13.2 Å². The highest BCUT2D eigenvalue weighted by Crippen LogP contribution is 2.20. The van der Waals surface area contributed by atoms with Crippen LogP contribution in [0.15, 0.2) is 29.2 Å². The first-order valence-electron chi connectivity index (χ1n) is 7.15. The Bertz CT molecular complexity index is 608. The van der Waals surface area contributed by atoms with Crippen LogP contribution in [0.2, 0.25) is 0 Å². The van der Waals surface area contributed by atoms with E-state index in [-0.39, 0.29) is 22.8 Å².